The van der Waals surface area contributed by atoms with Crippen LogP contribution in [0.5, 0.6) is 0 Å². The molecule has 98 valence electrons. The van der Waals surface area contributed by atoms with Gasteiger partial charge in [-0.1, -0.05) is 0 Å². The molecule has 1 aliphatic heterocycles. The first kappa shape index (κ1) is 13.1. The minimum Gasteiger partial charge on any atom is -0.479 e. The topological polar surface area (TPSA) is 80.6 Å². The van der Waals surface area contributed by atoms with Gasteiger partial charge in [0.25, 0.3) is 5.91 Å². The molecule has 2 rings (SSSR count). The van der Waals surface area contributed by atoms with Gasteiger partial charge < -0.3 is 19.7 Å². The van der Waals surface area contributed by atoms with E-state index >= 15 is 0 Å². The lowest BCUT2D eigenvalue weighted by Crippen LogP contribution is -2.55. The van der Waals surface area contributed by atoms with E-state index < -0.39 is 17.4 Å². The van der Waals surface area contributed by atoms with Crippen LogP contribution in [0.3, 0.4) is 0 Å². The van der Waals surface area contributed by atoms with Gasteiger partial charge >= 0.3 is 5.97 Å². The number of rotatable bonds is 3. The smallest absolute Gasteiger partial charge is 0.331 e. The van der Waals surface area contributed by atoms with Crippen LogP contribution in [0.4, 0.5) is 0 Å². The van der Waals surface area contributed by atoms with Crippen LogP contribution in [-0.4, -0.2) is 40.3 Å². The Bertz CT molecular complexity index is 491. The summed E-state index contributed by atoms with van der Waals surface area (Å²) in [4.78, 5) is 23.3. The Kier molecular flexibility index (Phi) is 3.45. The quantitative estimate of drug-likeness (QED) is 0.862. The molecule has 0 bridgehead atoms. The van der Waals surface area contributed by atoms with Crippen LogP contribution in [-0.2, 0) is 16.6 Å². The highest BCUT2D eigenvalue weighted by Gasteiger charge is 2.44. The van der Waals surface area contributed by atoms with E-state index in [4.69, 9.17) is 4.74 Å². The lowest BCUT2D eigenvalue weighted by atomic mass is 9.99. The minimum absolute atomic E-state index is 0.000332. The molecule has 1 amide bonds. The Balaban J connectivity index is 2.20. The number of carboxylic acids is 1. The number of halogens is 1. The molecule has 0 aromatic carbocycles. The van der Waals surface area contributed by atoms with Gasteiger partial charge in [0.1, 0.15) is 5.69 Å². The zero-order valence-electron chi connectivity index (χ0n) is 9.77. The lowest BCUT2D eigenvalue weighted by Gasteiger charge is -2.23. The maximum Gasteiger partial charge on any atom is 0.331 e. The number of aryl methyl sites for hydroxylation is 1. The van der Waals surface area contributed by atoms with Crippen LogP contribution in [0.15, 0.2) is 16.7 Å². The summed E-state index contributed by atoms with van der Waals surface area (Å²) >= 11 is 3.26. The van der Waals surface area contributed by atoms with Crippen LogP contribution in [0.2, 0.25) is 0 Å². The van der Waals surface area contributed by atoms with Crippen LogP contribution in [0, 0.1) is 0 Å². The van der Waals surface area contributed by atoms with E-state index in [1.54, 1.807) is 23.9 Å². The largest absolute Gasteiger partial charge is 0.479 e. The van der Waals surface area contributed by atoms with Crippen LogP contribution >= 0.6 is 15.9 Å². The molecular weight excluding hydrogens is 304 g/mol. The molecule has 0 aliphatic carbocycles. The number of carbonyl (C=O) groups excluding carboxylic acids is 1. The van der Waals surface area contributed by atoms with Crippen LogP contribution in [0.25, 0.3) is 0 Å². The normalized spacial score (nSPS) is 23.0. The average molecular weight is 317 g/mol. The monoisotopic (exact) mass is 316 g/mol. The minimum atomic E-state index is -1.31. The third-order valence-electron chi connectivity index (χ3n) is 2.99. The summed E-state index contributed by atoms with van der Waals surface area (Å²) in [6.07, 6.45) is 2.01. The average Bonchev–Trinajstić information content (AvgIpc) is 2.86. The SMILES string of the molecule is Cn1cc(Br)cc1C(=O)NC1(C(=O)O)CCOC1. The zero-order chi connectivity index (χ0) is 13.3. The fraction of sp³-hybridized carbons (Fsp3) is 0.455. The van der Waals surface area contributed by atoms with Crippen molar-refractivity contribution in [2.75, 3.05) is 13.2 Å². The van der Waals surface area contributed by atoms with Gasteiger partial charge in [-0.3, -0.25) is 4.79 Å². The van der Waals surface area contributed by atoms with Crippen molar-refractivity contribution in [3.63, 3.8) is 0 Å². The van der Waals surface area contributed by atoms with Crippen LogP contribution in [0.1, 0.15) is 16.9 Å². The summed E-state index contributed by atoms with van der Waals surface area (Å²) in [6, 6.07) is 1.64. The highest BCUT2D eigenvalue weighted by atomic mass is 79.9. The number of ether oxygens (including phenoxy) is 1. The molecule has 1 aromatic heterocycles. The van der Waals surface area contributed by atoms with Crippen molar-refractivity contribution in [1.29, 1.82) is 0 Å². The summed E-state index contributed by atoms with van der Waals surface area (Å²) < 4.78 is 7.48. The van der Waals surface area contributed by atoms with Crippen molar-refractivity contribution in [3.8, 4) is 0 Å². The van der Waals surface area contributed by atoms with Gasteiger partial charge in [-0.2, -0.15) is 0 Å². The zero-order valence-corrected chi connectivity index (χ0v) is 11.4. The van der Waals surface area contributed by atoms with Crippen molar-refractivity contribution < 1.29 is 19.4 Å². The molecule has 0 radical (unpaired) electrons. The number of amides is 1. The number of hydrogen-bond donors (Lipinski definition) is 2. The van der Waals surface area contributed by atoms with Gasteiger partial charge in [-0.05, 0) is 22.0 Å². The predicted octanol–water partition coefficient (Wildman–Crippen LogP) is 0.761. The van der Waals surface area contributed by atoms with E-state index in [9.17, 15) is 14.7 Å². The molecule has 0 saturated carbocycles. The first-order chi connectivity index (χ1) is 8.44. The van der Waals surface area contributed by atoms with E-state index in [-0.39, 0.29) is 13.0 Å². The maximum absolute atomic E-state index is 12.1. The second-order valence-electron chi connectivity index (χ2n) is 4.30. The fourth-order valence-electron chi connectivity index (χ4n) is 1.92. The summed E-state index contributed by atoms with van der Waals surface area (Å²) in [5.41, 5.74) is -0.914. The number of nitrogens with zero attached hydrogens (tertiary/aromatic N) is 1. The van der Waals surface area contributed by atoms with Gasteiger partial charge in [0.15, 0.2) is 5.54 Å². The maximum atomic E-state index is 12.1. The van der Waals surface area contributed by atoms with Crippen molar-refractivity contribution in [2.24, 2.45) is 7.05 Å². The number of carboxylic acid groups (broad SMARTS) is 1. The Labute approximate surface area is 112 Å². The Morgan fingerprint density at radius 1 is 1.61 bits per heavy atom. The number of carbonyl (C=O) groups is 2. The Hall–Kier alpha value is -1.34. The summed E-state index contributed by atoms with van der Waals surface area (Å²) in [5, 5.41) is 11.8. The first-order valence-corrected chi connectivity index (χ1v) is 6.19. The molecule has 1 aliphatic rings. The fourth-order valence-corrected chi connectivity index (χ4v) is 2.44. The number of aromatic nitrogens is 1. The standard InChI is InChI=1S/C11H13BrN2O4/c1-14-5-7(12)4-8(14)9(15)13-11(10(16)17)2-3-18-6-11/h4-5H,2-3,6H2,1H3,(H,13,15)(H,16,17). The van der Waals surface area contributed by atoms with Gasteiger partial charge in [0.05, 0.1) is 6.61 Å². The molecule has 2 N–H and O–H groups in total. The van der Waals surface area contributed by atoms with E-state index in [0.29, 0.717) is 12.3 Å². The van der Waals surface area contributed by atoms with Crippen molar-refractivity contribution in [3.05, 3.63) is 22.4 Å². The van der Waals surface area contributed by atoms with Gasteiger partial charge in [-0.15, -0.1) is 0 Å². The number of hydrogen-bond acceptors (Lipinski definition) is 3. The van der Waals surface area contributed by atoms with E-state index in [2.05, 4.69) is 21.2 Å². The lowest BCUT2D eigenvalue weighted by molar-refractivity contribution is -0.144. The number of aliphatic carboxylic acids is 1. The summed E-state index contributed by atoms with van der Waals surface area (Å²) in [6.45, 7) is 0.336. The molecule has 2 heterocycles. The molecule has 1 fully saturated rings. The van der Waals surface area contributed by atoms with E-state index in [1.165, 1.54) is 0 Å². The molecule has 1 unspecified atom stereocenters. The van der Waals surface area contributed by atoms with E-state index in [1.807, 2.05) is 0 Å². The molecule has 1 aromatic rings. The summed E-state index contributed by atoms with van der Waals surface area (Å²) in [7, 11) is 1.72. The highest BCUT2D eigenvalue weighted by Crippen LogP contribution is 2.21. The summed E-state index contributed by atoms with van der Waals surface area (Å²) in [5.74, 6) is -1.49. The Morgan fingerprint density at radius 2 is 2.33 bits per heavy atom. The van der Waals surface area contributed by atoms with Crippen molar-refractivity contribution >= 4 is 27.8 Å². The van der Waals surface area contributed by atoms with Crippen LogP contribution < -0.4 is 5.32 Å². The van der Waals surface area contributed by atoms with Crippen molar-refractivity contribution in [1.82, 2.24) is 9.88 Å². The van der Waals surface area contributed by atoms with Gasteiger partial charge in [0.2, 0.25) is 0 Å². The Morgan fingerprint density at radius 3 is 2.78 bits per heavy atom. The first-order valence-electron chi connectivity index (χ1n) is 5.40. The second-order valence-corrected chi connectivity index (χ2v) is 5.21. The molecule has 1 saturated heterocycles. The van der Waals surface area contributed by atoms with Crippen molar-refractivity contribution in [2.45, 2.75) is 12.0 Å². The molecule has 1 atom stereocenters. The molecule has 18 heavy (non-hydrogen) atoms. The molecule has 7 heteroatoms. The second kappa shape index (κ2) is 4.74. The highest BCUT2D eigenvalue weighted by molar-refractivity contribution is 9.10. The third kappa shape index (κ3) is 2.28. The molecule has 6 nitrogen and oxygen atoms in total. The predicted molar refractivity (Wildman–Crippen MR) is 66.4 cm³/mol. The molecular formula is C11H13BrN2O4. The number of nitrogens with one attached hydrogen (secondary N) is 1. The van der Waals surface area contributed by atoms with Gasteiger partial charge in [-0.25, -0.2) is 4.79 Å². The van der Waals surface area contributed by atoms with E-state index in [0.717, 1.165) is 4.47 Å². The third-order valence-corrected chi connectivity index (χ3v) is 3.42. The molecule has 0 spiro atoms. The van der Waals surface area contributed by atoms with Gasteiger partial charge in [0, 0.05) is 30.7 Å².